The average Bonchev–Trinajstić information content (AvgIpc) is 2.93. The van der Waals surface area contributed by atoms with Crippen LogP contribution < -0.4 is 14.5 Å². The van der Waals surface area contributed by atoms with Crippen LogP contribution >= 0.6 is 0 Å². The van der Waals surface area contributed by atoms with Gasteiger partial charge < -0.3 is 4.74 Å². The second-order valence-electron chi connectivity index (χ2n) is 8.53. The monoisotopic (exact) mass is 527 g/mol. The van der Waals surface area contributed by atoms with E-state index in [1.807, 2.05) is 68.4 Å². The number of nitrogens with zero attached hydrogens (tertiary/aromatic N) is 2. The molecule has 4 aromatic carbocycles. The number of rotatable bonds is 10. The summed E-state index contributed by atoms with van der Waals surface area (Å²) in [7, 11) is -3.99. The molecular formula is C30H29N3O4S. The molecule has 1 amide bonds. The Bertz CT molecular complexity index is 1500. The van der Waals surface area contributed by atoms with Gasteiger partial charge in [0.15, 0.2) is 0 Å². The van der Waals surface area contributed by atoms with Gasteiger partial charge in [0.2, 0.25) is 0 Å². The topological polar surface area (TPSA) is 88.1 Å². The zero-order chi connectivity index (χ0) is 27.0. The first kappa shape index (κ1) is 26.6. The summed E-state index contributed by atoms with van der Waals surface area (Å²) in [6, 6.07) is 29.8. The molecule has 0 aliphatic rings. The molecule has 0 spiro atoms. The highest BCUT2D eigenvalue weighted by atomic mass is 32.2. The van der Waals surface area contributed by atoms with Crippen LogP contribution in [0.25, 0.3) is 0 Å². The van der Waals surface area contributed by atoms with Gasteiger partial charge in [-0.25, -0.2) is 13.8 Å². The van der Waals surface area contributed by atoms with Gasteiger partial charge in [0.1, 0.15) is 5.75 Å². The van der Waals surface area contributed by atoms with Crippen LogP contribution in [-0.2, 0) is 16.6 Å². The maximum atomic E-state index is 13.9. The molecule has 0 aromatic heterocycles. The molecule has 0 heterocycles. The summed E-state index contributed by atoms with van der Waals surface area (Å²) in [5, 5.41) is 4.07. The number of carbonyl (C=O) groups excluding carboxylic acids is 1. The lowest BCUT2D eigenvalue weighted by molar-refractivity contribution is 0.0955. The summed E-state index contributed by atoms with van der Waals surface area (Å²) < 4.78 is 34.4. The van der Waals surface area contributed by atoms with Crippen molar-refractivity contribution in [1.29, 1.82) is 0 Å². The molecule has 0 bridgehead atoms. The van der Waals surface area contributed by atoms with Gasteiger partial charge in [-0.1, -0.05) is 60.2 Å². The van der Waals surface area contributed by atoms with E-state index in [9.17, 15) is 13.2 Å². The van der Waals surface area contributed by atoms with Crippen molar-refractivity contribution in [2.75, 3.05) is 10.9 Å². The van der Waals surface area contributed by atoms with Crippen LogP contribution in [0, 0.1) is 6.92 Å². The maximum Gasteiger partial charge on any atom is 0.273 e. The van der Waals surface area contributed by atoms with Crippen LogP contribution in [0.4, 0.5) is 5.69 Å². The molecule has 0 unspecified atom stereocenters. The first-order valence-corrected chi connectivity index (χ1v) is 13.6. The van der Waals surface area contributed by atoms with Crippen LogP contribution in [0.5, 0.6) is 5.75 Å². The fraction of sp³-hybridized carbons (Fsp3) is 0.133. The number of ether oxygens (including phenoxy) is 1. The van der Waals surface area contributed by atoms with Crippen LogP contribution in [0.2, 0.25) is 0 Å². The fourth-order valence-corrected chi connectivity index (χ4v) is 5.28. The fourth-order valence-electron chi connectivity index (χ4n) is 3.81. The van der Waals surface area contributed by atoms with Crippen molar-refractivity contribution >= 4 is 27.8 Å². The number of hydrogen-bond acceptors (Lipinski definition) is 5. The molecule has 1 N–H and O–H groups in total. The predicted octanol–water partition coefficient (Wildman–Crippen LogP) is 5.55. The third-order valence-corrected chi connectivity index (χ3v) is 7.54. The minimum absolute atomic E-state index is 0.0524. The standard InChI is InChI=1S/C30H29N3O4S/c1-3-37-26-17-15-24(16-18-26)21-31-32-30(34)28-11-7-8-12-29(28)33(22-25-9-5-4-6-10-25)38(35,36)27-19-13-23(2)14-20-27/h4-21H,3,22H2,1-2H3,(H,32,34)/b31-21-. The lowest BCUT2D eigenvalue weighted by atomic mass is 10.1. The van der Waals surface area contributed by atoms with Crippen LogP contribution in [0.3, 0.4) is 0 Å². The molecule has 0 saturated heterocycles. The average molecular weight is 528 g/mol. The Kier molecular flexibility index (Phi) is 8.55. The number of hydrazone groups is 1. The molecule has 38 heavy (non-hydrogen) atoms. The molecule has 0 saturated carbocycles. The van der Waals surface area contributed by atoms with Crippen molar-refractivity contribution in [3.63, 3.8) is 0 Å². The molecule has 0 radical (unpaired) electrons. The number of amides is 1. The highest BCUT2D eigenvalue weighted by Gasteiger charge is 2.28. The second-order valence-corrected chi connectivity index (χ2v) is 10.4. The quantitative estimate of drug-likeness (QED) is 0.216. The van der Waals surface area contributed by atoms with E-state index in [1.54, 1.807) is 48.5 Å². The Morgan fingerprint density at radius 2 is 1.55 bits per heavy atom. The first-order valence-electron chi connectivity index (χ1n) is 12.2. The van der Waals surface area contributed by atoms with Crippen molar-refractivity contribution in [3.8, 4) is 5.75 Å². The SMILES string of the molecule is CCOc1ccc(/C=N\NC(=O)c2ccccc2N(Cc2ccccc2)S(=O)(=O)c2ccc(C)cc2)cc1. The van der Waals surface area contributed by atoms with Gasteiger partial charge in [-0.2, -0.15) is 5.10 Å². The maximum absolute atomic E-state index is 13.9. The number of anilines is 1. The van der Waals surface area contributed by atoms with Gasteiger partial charge in [-0.3, -0.25) is 9.10 Å². The number of aryl methyl sites for hydroxylation is 1. The summed E-state index contributed by atoms with van der Waals surface area (Å²) in [6.07, 6.45) is 1.51. The van der Waals surface area contributed by atoms with Gasteiger partial charge in [0.05, 0.1) is 35.5 Å². The van der Waals surface area contributed by atoms with Gasteiger partial charge in [0.25, 0.3) is 15.9 Å². The lowest BCUT2D eigenvalue weighted by Crippen LogP contribution is -2.33. The Morgan fingerprint density at radius 1 is 0.895 bits per heavy atom. The van der Waals surface area contributed by atoms with E-state index in [4.69, 9.17) is 4.74 Å². The highest BCUT2D eigenvalue weighted by molar-refractivity contribution is 7.92. The molecule has 0 aliphatic heterocycles. The summed E-state index contributed by atoms with van der Waals surface area (Å²) >= 11 is 0. The van der Waals surface area contributed by atoms with Gasteiger partial charge in [0, 0.05) is 0 Å². The Hall–Kier alpha value is -4.43. The van der Waals surface area contributed by atoms with Crippen LogP contribution in [0.1, 0.15) is 34.0 Å². The van der Waals surface area contributed by atoms with Crippen molar-refractivity contribution in [3.05, 3.63) is 125 Å². The minimum Gasteiger partial charge on any atom is -0.494 e. The molecule has 8 heteroatoms. The summed E-state index contributed by atoms with van der Waals surface area (Å²) in [6.45, 7) is 4.43. The van der Waals surface area contributed by atoms with E-state index in [2.05, 4.69) is 10.5 Å². The number of benzene rings is 4. The van der Waals surface area contributed by atoms with Crippen molar-refractivity contribution < 1.29 is 17.9 Å². The van der Waals surface area contributed by atoms with E-state index in [1.165, 1.54) is 10.5 Å². The number of hydrogen-bond donors (Lipinski definition) is 1. The lowest BCUT2D eigenvalue weighted by Gasteiger charge is -2.26. The van der Waals surface area contributed by atoms with E-state index >= 15 is 0 Å². The van der Waals surface area contributed by atoms with E-state index in [0.29, 0.717) is 6.61 Å². The number of para-hydroxylation sites is 1. The zero-order valence-electron chi connectivity index (χ0n) is 21.2. The Morgan fingerprint density at radius 3 is 2.24 bits per heavy atom. The largest absolute Gasteiger partial charge is 0.494 e. The number of sulfonamides is 1. The second kappa shape index (κ2) is 12.2. The zero-order valence-corrected chi connectivity index (χ0v) is 22.1. The third-order valence-electron chi connectivity index (χ3n) is 5.77. The third kappa shape index (κ3) is 6.46. The Labute approximate surface area is 223 Å². The van der Waals surface area contributed by atoms with Gasteiger partial charge in [-0.05, 0) is 73.5 Å². The minimum atomic E-state index is -3.99. The molecule has 7 nitrogen and oxygen atoms in total. The molecule has 4 aromatic rings. The smallest absolute Gasteiger partial charge is 0.273 e. The van der Waals surface area contributed by atoms with E-state index < -0.39 is 15.9 Å². The number of carbonyl (C=O) groups is 1. The molecule has 4 rings (SSSR count). The summed E-state index contributed by atoms with van der Waals surface area (Å²) in [5.74, 6) is 0.218. The van der Waals surface area contributed by atoms with Crippen molar-refractivity contribution in [2.45, 2.75) is 25.3 Å². The van der Waals surface area contributed by atoms with Crippen LogP contribution in [0.15, 0.2) is 113 Å². The molecule has 0 atom stereocenters. The van der Waals surface area contributed by atoms with Gasteiger partial charge in [-0.15, -0.1) is 0 Å². The summed E-state index contributed by atoms with van der Waals surface area (Å²) in [4.78, 5) is 13.3. The van der Waals surface area contributed by atoms with Gasteiger partial charge >= 0.3 is 0 Å². The highest BCUT2D eigenvalue weighted by Crippen LogP contribution is 2.29. The van der Waals surface area contributed by atoms with Crippen LogP contribution in [-0.4, -0.2) is 27.1 Å². The normalized spacial score (nSPS) is 11.3. The van der Waals surface area contributed by atoms with E-state index in [-0.39, 0.29) is 22.7 Å². The van der Waals surface area contributed by atoms with Crippen molar-refractivity contribution in [1.82, 2.24) is 5.43 Å². The van der Waals surface area contributed by atoms with Crippen molar-refractivity contribution in [2.24, 2.45) is 5.10 Å². The number of nitrogens with one attached hydrogen (secondary N) is 1. The van der Waals surface area contributed by atoms with E-state index in [0.717, 1.165) is 22.4 Å². The molecule has 0 fully saturated rings. The predicted molar refractivity (Wildman–Crippen MR) is 150 cm³/mol. The Balaban J connectivity index is 1.65. The molecular weight excluding hydrogens is 498 g/mol. The first-order chi connectivity index (χ1) is 18.4. The summed E-state index contributed by atoms with van der Waals surface area (Å²) in [5.41, 5.74) is 5.47. The molecule has 194 valence electrons. The molecule has 0 aliphatic carbocycles.